The van der Waals surface area contributed by atoms with Gasteiger partial charge in [0.1, 0.15) is 0 Å². The van der Waals surface area contributed by atoms with E-state index in [0.717, 1.165) is 31.5 Å². The molecule has 3 rings (SSSR count). The van der Waals surface area contributed by atoms with Gasteiger partial charge in [0.25, 0.3) is 5.91 Å². The Morgan fingerprint density at radius 1 is 1.12 bits per heavy atom. The summed E-state index contributed by atoms with van der Waals surface area (Å²) in [5, 5.41) is 0. The van der Waals surface area contributed by atoms with Gasteiger partial charge in [0.2, 0.25) is 5.91 Å². The number of nitrogens with zero attached hydrogens (tertiary/aromatic N) is 2. The summed E-state index contributed by atoms with van der Waals surface area (Å²) in [6.45, 7) is 3.89. The highest BCUT2D eigenvalue weighted by molar-refractivity contribution is 6.22. The van der Waals surface area contributed by atoms with Crippen molar-refractivity contribution in [1.82, 2.24) is 4.90 Å². The highest BCUT2D eigenvalue weighted by atomic mass is 16.5. The van der Waals surface area contributed by atoms with Crippen molar-refractivity contribution < 1.29 is 19.1 Å². The Morgan fingerprint density at radius 3 is 2.44 bits per heavy atom. The molecule has 0 radical (unpaired) electrons. The molecule has 2 amide bonds. The predicted octanol–water partition coefficient (Wildman–Crippen LogP) is 1.91. The molecule has 1 aromatic rings. The fraction of sp³-hybridized carbons (Fsp3) is 0.526. The molecule has 25 heavy (non-hydrogen) atoms. The topological polar surface area (TPSA) is 66.9 Å². The van der Waals surface area contributed by atoms with Gasteiger partial charge in [-0.2, -0.15) is 0 Å². The monoisotopic (exact) mass is 344 g/mol. The van der Waals surface area contributed by atoms with Crippen LogP contribution in [0.2, 0.25) is 0 Å². The largest absolute Gasteiger partial charge is 0.466 e. The SMILES string of the molecule is CCOC(=O)Cc1ccc(N2C(=O)CC(N3CCCCC3)C2=O)cc1. The van der Waals surface area contributed by atoms with Crippen LogP contribution in [0.25, 0.3) is 0 Å². The van der Waals surface area contributed by atoms with Crippen LogP contribution in [0, 0.1) is 0 Å². The van der Waals surface area contributed by atoms with Gasteiger partial charge in [0.05, 0.1) is 31.2 Å². The Kier molecular flexibility index (Phi) is 5.48. The van der Waals surface area contributed by atoms with Crippen LogP contribution in [0.4, 0.5) is 5.69 Å². The van der Waals surface area contributed by atoms with E-state index in [4.69, 9.17) is 4.74 Å². The van der Waals surface area contributed by atoms with Crippen molar-refractivity contribution in [1.29, 1.82) is 0 Å². The molecule has 134 valence electrons. The van der Waals surface area contributed by atoms with Crippen LogP contribution in [0.1, 0.15) is 38.2 Å². The average Bonchev–Trinajstić information content (AvgIpc) is 2.91. The molecule has 1 atom stereocenters. The zero-order valence-corrected chi connectivity index (χ0v) is 14.6. The maximum absolute atomic E-state index is 12.8. The number of hydrogen-bond donors (Lipinski definition) is 0. The van der Waals surface area contributed by atoms with E-state index in [1.165, 1.54) is 11.3 Å². The highest BCUT2D eigenvalue weighted by Gasteiger charge is 2.42. The van der Waals surface area contributed by atoms with Crippen LogP contribution < -0.4 is 4.90 Å². The Morgan fingerprint density at radius 2 is 1.80 bits per heavy atom. The molecule has 1 aromatic carbocycles. The molecule has 2 aliphatic rings. The minimum Gasteiger partial charge on any atom is -0.466 e. The van der Waals surface area contributed by atoms with Crippen molar-refractivity contribution in [3.63, 3.8) is 0 Å². The number of carbonyl (C=O) groups is 3. The van der Waals surface area contributed by atoms with Crippen molar-refractivity contribution in [3.05, 3.63) is 29.8 Å². The molecular weight excluding hydrogens is 320 g/mol. The second-order valence-electron chi connectivity index (χ2n) is 6.53. The summed E-state index contributed by atoms with van der Waals surface area (Å²) in [4.78, 5) is 40.1. The first-order valence-electron chi connectivity index (χ1n) is 8.95. The number of hydrogen-bond acceptors (Lipinski definition) is 5. The quantitative estimate of drug-likeness (QED) is 0.603. The first kappa shape index (κ1) is 17.6. The van der Waals surface area contributed by atoms with E-state index in [-0.39, 0.29) is 36.7 Å². The van der Waals surface area contributed by atoms with Crippen LogP contribution in [-0.4, -0.2) is 48.4 Å². The second kappa shape index (κ2) is 7.78. The predicted molar refractivity (Wildman–Crippen MR) is 93.1 cm³/mol. The summed E-state index contributed by atoms with van der Waals surface area (Å²) < 4.78 is 4.93. The summed E-state index contributed by atoms with van der Waals surface area (Å²) in [5.41, 5.74) is 1.37. The number of benzene rings is 1. The summed E-state index contributed by atoms with van der Waals surface area (Å²) in [6.07, 6.45) is 3.80. The molecule has 0 saturated carbocycles. The molecule has 0 aliphatic carbocycles. The minimum atomic E-state index is -0.327. The lowest BCUT2D eigenvalue weighted by Crippen LogP contribution is -2.44. The summed E-state index contributed by atoms with van der Waals surface area (Å²) in [6, 6.07) is 6.65. The van der Waals surface area contributed by atoms with Gasteiger partial charge >= 0.3 is 5.97 Å². The standard InChI is InChI=1S/C19H24N2O4/c1-2-25-18(23)12-14-6-8-15(9-7-14)21-17(22)13-16(19(21)24)20-10-4-3-5-11-20/h6-9,16H,2-5,10-13H2,1H3. The van der Waals surface area contributed by atoms with Gasteiger partial charge in [-0.15, -0.1) is 0 Å². The average molecular weight is 344 g/mol. The molecule has 0 bridgehead atoms. The van der Waals surface area contributed by atoms with E-state index in [2.05, 4.69) is 4.90 Å². The molecule has 0 N–H and O–H groups in total. The van der Waals surface area contributed by atoms with Gasteiger partial charge in [-0.1, -0.05) is 18.6 Å². The first-order chi connectivity index (χ1) is 12.1. The molecule has 6 nitrogen and oxygen atoms in total. The summed E-state index contributed by atoms with van der Waals surface area (Å²) in [7, 11) is 0. The first-order valence-corrected chi connectivity index (χ1v) is 8.95. The molecule has 0 aromatic heterocycles. The Labute approximate surface area is 147 Å². The Hall–Kier alpha value is -2.21. The van der Waals surface area contributed by atoms with Crippen LogP contribution in [-0.2, 0) is 25.5 Å². The number of esters is 1. The van der Waals surface area contributed by atoms with Crippen molar-refractivity contribution in [2.45, 2.75) is 45.1 Å². The number of rotatable bonds is 5. The molecule has 2 fully saturated rings. The fourth-order valence-corrected chi connectivity index (χ4v) is 3.54. The molecule has 6 heteroatoms. The molecule has 1 unspecified atom stereocenters. The van der Waals surface area contributed by atoms with Crippen molar-refractivity contribution in [2.75, 3.05) is 24.6 Å². The van der Waals surface area contributed by atoms with E-state index in [1.807, 2.05) is 0 Å². The molecule has 0 spiro atoms. The minimum absolute atomic E-state index is 0.134. The maximum atomic E-state index is 12.8. The van der Waals surface area contributed by atoms with E-state index in [0.29, 0.717) is 12.3 Å². The lowest BCUT2D eigenvalue weighted by molar-refractivity contribution is -0.142. The number of likely N-dealkylation sites (tertiary alicyclic amines) is 1. The highest BCUT2D eigenvalue weighted by Crippen LogP contribution is 2.27. The normalized spacial score (nSPS) is 21.6. The Balaban J connectivity index is 1.69. The third-order valence-electron chi connectivity index (χ3n) is 4.80. The Bertz CT molecular complexity index is 650. The van der Waals surface area contributed by atoms with Crippen LogP contribution in [0.15, 0.2) is 24.3 Å². The van der Waals surface area contributed by atoms with E-state index < -0.39 is 0 Å². The van der Waals surface area contributed by atoms with Crippen LogP contribution in [0.3, 0.4) is 0 Å². The second-order valence-corrected chi connectivity index (χ2v) is 6.53. The summed E-state index contributed by atoms with van der Waals surface area (Å²) >= 11 is 0. The number of ether oxygens (including phenoxy) is 1. The van der Waals surface area contributed by atoms with Gasteiger partial charge in [-0.3, -0.25) is 19.3 Å². The van der Waals surface area contributed by atoms with Gasteiger partial charge in [-0.05, 0) is 50.6 Å². The van der Waals surface area contributed by atoms with E-state index in [9.17, 15) is 14.4 Å². The third kappa shape index (κ3) is 3.90. The number of carbonyl (C=O) groups excluding carboxylic acids is 3. The molecule has 2 saturated heterocycles. The lowest BCUT2D eigenvalue weighted by atomic mass is 10.1. The number of amides is 2. The maximum Gasteiger partial charge on any atom is 0.310 e. The third-order valence-corrected chi connectivity index (χ3v) is 4.80. The zero-order valence-electron chi connectivity index (χ0n) is 14.6. The van der Waals surface area contributed by atoms with Crippen LogP contribution >= 0.6 is 0 Å². The summed E-state index contributed by atoms with van der Waals surface area (Å²) in [5.74, 6) is -0.572. The van der Waals surface area contributed by atoms with Gasteiger partial charge in [0, 0.05) is 0 Å². The smallest absolute Gasteiger partial charge is 0.310 e. The molecule has 2 aliphatic heterocycles. The lowest BCUT2D eigenvalue weighted by Gasteiger charge is -2.30. The van der Waals surface area contributed by atoms with Gasteiger partial charge < -0.3 is 4.74 Å². The zero-order chi connectivity index (χ0) is 17.8. The van der Waals surface area contributed by atoms with E-state index >= 15 is 0 Å². The number of imide groups is 1. The van der Waals surface area contributed by atoms with Gasteiger partial charge in [0.15, 0.2) is 0 Å². The van der Waals surface area contributed by atoms with Crippen molar-refractivity contribution >= 4 is 23.5 Å². The fourth-order valence-electron chi connectivity index (χ4n) is 3.54. The number of piperidine rings is 1. The van der Waals surface area contributed by atoms with Crippen molar-refractivity contribution in [2.24, 2.45) is 0 Å². The molecule has 2 heterocycles. The van der Waals surface area contributed by atoms with Crippen molar-refractivity contribution in [3.8, 4) is 0 Å². The molecular formula is C19H24N2O4. The van der Waals surface area contributed by atoms with E-state index in [1.54, 1.807) is 31.2 Å². The van der Waals surface area contributed by atoms with Crippen LogP contribution in [0.5, 0.6) is 0 Å². The van der Waals surface area contributed by atoms with Gasteiger partial charge in [-0.25, -0.2) is 4.90 Å². The number of anilines is 1.